The summed E-state index contributed by atoms with van der Waals surface area (Å²) in [5, 5.41) is 3.14. The van der Waals surface area contributed by atoms with Gasteiger partial charge >= 0.3 is 0 Å². The van der Waals surface area contributed by atoms with Crippen LogP contribution in [0.3, 0.4) is 0 Å². The summed E-state index contributed by atoms with van der Waals surface area (Å²) in [4.78, 5) is 12.2. The van der Waals surface area contributed by atoms with Gasteiger partial charge in [0.05, 0.1) is 7.11 Å². The van der Waals surface area contributed by atoms with E-state index in [0.29, 0.717) is 23.9 Å². The molecule has 96 valence electrons. The molecular weight excluding hydrogens is 232 g/mol. The van der Waals surface area contributed by atoms with Crippen LogP contribution in [0.2, 0.25) is 0 Å². The van der Waals surface area contributed by atoms with Crippen LogP contribution in [0.25, 0.3) is 0 Å². The van der Waals surface area contributed by atoms with Gasteiger partial charge in [-0.1, -0.05) is 0 Å². The number of hydrogen-bond donors (Lipinski definition) is 2. The van der Waals surface area contributed by atoms with Crippen molar-refractivity contribution in [2.75, 3.05) is 24.7 Å². The molecule has 7 heteroatoms. The molecule has 0 aromatic carbocycles. The summed E-state index contributed by atoms with van der Waals surface area (Å²) in [7, 11) is 3.49. The summed E-state index contributed by atoms with van der Waals surface area (Å²) in [6.45, 7) is 0.690. The number of nitrogens with one attached hydrogen (secondary N) is 1. The second kappa shape index (κ2) is 5.35. The maximum Gasteiger partial charge on any atom is 0.242 e. The highest BCUT2D eigenvalue weighted by Gasteiger charge is 2.07. The molecule has 3 N–H and O–H groups in total. The van der Waals surface area contributed by atoms with Gasteiger partial charge in [0.2, 0.25) is 5.88 Å². The van der Waals surface area contributed by atoms with Gasteiger partial charge in [-0.3, -0.25) is 0 Å². The van der Waals surface area contributed by atoms with Crippen LogP contribution in [-0.4, -0.2) is 33.2 Å². The second-order valence-corrected chi connectivity index (χ2v) is 3.78. The Morgan fingerprint density at radius 3 is 2.89 bits per heavy atom. The number of hydrogen-bond acceptors (Lipinski definition) is 6. The van der Waals surface area contributed by atoms with Crippen LogP contribution in [0.4, 0.5) is 11.5 Å². The Bertz CT molecular complexity index is 524. The lowest BCUT2D eigenvalue weighted by molar-refractivity contribution is 0.399. The highest BCUT2D eigenvalue weighted by molar-refractivity contribution is 5.66. The average molecular weight is 248 g/mol. The third-order valence-corrected chi connectivity index (χ3v) is 2.60. The molecule has 0 saturated heterocycles. The van der Waals surface area contributed by atoms with E-state index in [9.17, 15) is 0 Å². The van der Waals surface area contributed by atoms with Gasteiger partial charge < -0.3 is 20.4 Å². The first kappa shape index (κ1) is 12.2. The smallest absolute Gasteiger partial charge is 0.242 e. The van der Waals surface area contributed by atoms with E-state index < -0.39 is 0 Å². The summed E-state index contributed by atoms with van der Waals surface area (Å²) >= 11 is 0. The van der Waals surface area contributed by atoms with Crippen molar-refractivity contribution in [3.8, 4) is 5.88 Å². The molecule has 0 aliphatic rings. The van der Waals surface area contributed by atoms with Gasteiger partial charge in [0, 0.05) is 32.4 Å². The molecular formula is C11H16N6O. The van der Waals surface area contributed by atoms with Crippen LogP contribution in [0.1, 0.15) is 5.82 Å². The molecule has 0 aliphatic carbocycles. The molecule has 2 aromatic rings. The molecule has 2 aromatic heterocycles. The molecule has 0 atom stereocenters. The summed E-state index contributed by atoms with van der Waals surface area (Å²) in [5.74, 6) is 1.96. The van der Waals surface area contributed by atoms with Crippen LogP contribution in [-0.2, 0) is 13.5 Å². The third kappa shape index (κ3) is 2.50. The molecule has 0 spiro atoms. The van der Waals surface area contributed by atoms with Crippen LogP contribution in [0.15, 0.2) is 18.7 Å². The predicted molar refractivity (Wildman–Crippen MR) is 68.4 cm³/mol. The lowest BCUT2D eigenvalue weighted by Crippen LogP contribution is -2.11. The van der Waals surface area contributed by atoms with Gasteiger partial charge in [0.25, 0.3) is 0 Å². The fraction of sp³-hybridized carbons (Fsp3) is 0.364. The Balaban J connectivity index is 1.96. The van der Waals surface area contributed by atoms with E-state index in [0.717, 1.165) is 12.2 Å². The van der Waals surface area contributed by atoms with Gasteiger partial charge in [-0.2, -0.15) is 4.98 Å². The molecule has 18 heavy (non-hydrogen) atoms. The summed E-state index contributed by atoms with van der Waals surface area (Å²) < 4.78 is 7.00. The zero-order valence-corrected chi connectivity index (χ0v) is 10.4. The molecule has 0 radical (unpaired) electrons. The van der Waals surface area contributed by atoms with E-state index in [2.05, 4.69) is 20.3 Å². The quantitative estimate of drug-likeness (QED) is 0.798. The maximum atomic E-state index is 5.85. The number of aryl methyl sites for hydroxylation is 1. The Morgan fingerprint density at radius 1 is 1.39 bits per heavy atom. The van der Waals surface area contributed by atoms with Crippen molar-refractivity contribution in [2.45, 2.75) is 6.42 Å². The van der Waals surface area contributed by atoms with Gasteiger partial charge in [-0.05, 0) is 0 Å². The molecule has 0 saturated carbocycles. The minimum Gasteiger partial charge on any atom is -0.479 e. The summed E-state index contributed by atoms with van der Waals surface area (Å²) in [6, 6.07) is 0. The van der Waals surface area contributed by atoms with E-state index in [1.165, 1.54) is 13.4 Å². The average Bonchev–Trinajstić information content (AvgIpc) is 2.77. The second-order valence-electron chi connectivity index (χ2n) is 3.78. The molecule has 7 nitrogen and oxygen atoms in total. The molecule has 0 fully saturated rings. The Kier molecular flexibility index (Phi) is 3.61. The number of aromatic nitrogens is 4. The van der Waals surface area contributed by atoms with Crippen LogP contribution < -0.4 is 15.8 Å². The first-order valence-electron chi connectivity index (χ1n) is 5.57. The first-order chi connectivity index (χ1) is 8.72. The zero-order chi connectivity index (χ0) is 13.0. The Morgan fingerprint density at radius 2 is 2.22 bits per heavy atom. The highest BCUT2D eigenvalue weighted by Crippen LogP contribution is 2.23. The van der Waals surface area contributed by atoms with Crippen molar-refractivity contribution in [1.29, 1.82) is 0 Å². The van der Waals surface area contributed by atoms with E-state index in [1.807, 2.05) is 17.8 Å². The minimum atomic E-state index is 0.379. The topological polar surface area (TPSA) is 90.9 Å². The molecule has 0 bridgehead atoms. The molecule has 0 aliphatic heterocycles. The number of imidazole rings is 1. The molecule has 0 amide bonds. The third-order valence-electron chi connectivity index (χ3n) is 2.60. The van der Waals surface area contributed by atoms with Crippen molar-refractivity contribution in [3.05, 3.63) is 24.5 Å². The highest BCUT2D eigenvalue weighted by atomic mass is 16.5. The Labute approximate surface area is 105 Å². The SMILES string of the molecule is COc1ncnc(NCCc2nccn2C)c1N. The number of nitrogen functional groups attached to an aromatic ring is 1. The fourth-order valence-electron chi connectivity index (χ4n) is 1.61. The lowest BCUT2D eigenvalue weighted by atomic mass is 10.4. The van der Waals surface area contributed by atoms with E-state index >= 15 is 0 Å². The van der Waals surface area contributed by atoms with Crippen molar-refractivity contribution in [2.24, 2.45) is 7.05 Å². The molecule has 2 heterocycles. The zero-order valence-electron chi connectivity index (χ0n) is 10.4. The lowest BCUT2D eigenvalue weighted by Gasteiger charge is -2.09. The van der Waals surface area contributed by atoms with Gasteiger partial charge in [-0.15, -0.1) is 0 Å². The van der Waals surface area contributed by atoms with Crippen LogP contribution in [0, 0.1) is 0 Å². The summed E-state index contributed by atoms with van der Waals surface area (Å²) in [6.07, 6.45) is 5.89. The fourth-order valence-corrected chi connectivity index (χ4v) is 1.61. The number of anilines is 2. The molecule has 2 rings (SSSR count). The maximum absolute atomic E-state index is 5.85. The largest absolute Gasteiger partial charge is 0.479 e. The van der Waals surface area contributed by atoms with E-state index in [-0.39, 0.29) is 0 Å². The summed E-state index contributed by atoms with van der Waals surface area (Å²) in [5.41, 5.74) is 6.27. The predicted octanol–water partition coefficient (Wildman–Crippen LogP) is 0.455. The first-order valence-corrected chi connectivity index (χ1v) is 5.57. The minimum absolute atomic E-state index is 0.379. The monoisotopic (exact) mass is 248 g/mol. The van der Waals surface area contributed by atoms with Crippen molar-refractivity contribution < 1.29 is 4.74 Å². The number of nitrogens with two attached hydrogens (primary N) is 1. The van der Waals surface area contributed by atoms with Crippen molar-refractivity contribution in [1.82, 2.24) is 19.5 Å². The van der Waals surface area contributed by atoms with Crippen molar-refractivity contribution in [3.63, 3.8) is 0 Å². The number of methoxy groups -OCH3 is 1. The van der Waals surface area contributed by atoms with Crippen molar-refractivity contribution >= 4 is 11.5 Å². The Hall–Kier alpha value is -2.31. The molecule has 0 unspecified atom stereocenters. The van der Waals surface area contributed by atoms with Crippen LogP contribution in [0.5, 0.6) is 5.88 Å². The van der Waals surface area contributed by atoms with E-state index in [1.54, 1.807) is 6.20 Å². The van der Waals surface area contributed by atoms with E-state index in [4.69, 9.17) is 10.5 Å². The number of rotatable bonds is 5. The normalized spacial score (nSPS) is 10.3. The van der Waals surface area contributed by atoms with Gasteiger partial charge in [0.1, 0.15) is 17.8 Å². The van der Waals surface area contributed by atoms with Gasteiger partial charge in [-0.25, -0.2) is 9.97 Å². The van der Waals surface area contributed by atoms with Gasteiger partial charge in [0.15, 0.2) is 5.82 Å². The number of nitrogens with zero attached hydrogens (tertiary/aromatic N) is 4. The number of ether oxygens (including phenoxy) is 1. The standard InChI is InChI=1S/C11H16N6O/c1-17-6-5-13-8(17)3-4-14-10-9(12)11(18-2)16-7-15-10/h5-7H,3-4,12H2,1-2H3,(H,14,15,16). The van der Waals surface area contributed by atoms with Crippen LogP contribution >= 0.6 is 0 Å².